The Morgan fingerprint density at radius 2 is 1.90 bits per heavy atom. The molecule has 0 atom stereocenters. The second kappa shape index (κ2) is 7.27. The first-order valence-electron chi connectivity index (χ1n) is 6.35. The van der Waals surface area contributed by atoms with Gasteiger partial charge in [-0.2, -0.15) is 0 Å². The fraction of sp³-hybridized carbons (Fsp3) is 0.176. The second-order valence-corrected chi connectivity index (χ2v) is 4.90. The molecule has 0 amide bonds. The molecule has 0 bridgehead atoms. The summed E-state index contributed by atoms with van der Waals surface area (Å²) in [5.74, 6) is 0.812. The van der Waals surface area contributed by atoms with E-state index < -0.39 is 0 Å². The largest absolute Gasteiger partial charge is 0.467 e. The highest BCUT2D eigenvalue weighted by atomic mass is 79.9. The van der Waals surface area contributed by atoms with Crippen molar-refractivity contribution < 1.29 is 9.47 Å². The van der Waals surface area contributed by atoms with Gasteiger partial charge in [-0.3, -0.25) is 0 Å². The van der Waals surface area contributed by atoms with Crippen molar-refractivity contribution in [2.24, 2.45) is 0 Å². The number of ether oxygens (including phenoxy) is 2. The number of methoxy groups -OCH3 is 1. The van der Waals surface area contributed by atoms with Crippen molar-refractivity contribution in [2.45, 2.75) is 6.92 Å². The Bertz CT molecular complexity index is 591. The third kappa shape index (κ3) is 3.50. The summed E-state index contributed by atoms with van der Waals surface area (Å²) in [7, 11) is 1.62. The van der Waals surface area contributed by atoms with Crippen LogP contribution in [0.2, 0.25) is 0 Å². The summed E-state index contributed by atoms with van der Waals surface area (Å²) in [6, 6.07) is 16.3. The van der Waals surface area contributed by atoms with Crippen molar-refractivity contribution in [1.82, 2.24) is 0 Å². The van der Waals surface area contributed by atoms with Crippen LogP contribution in [0.5, 0.6) is 5.75 Å². The van der Waals surface area contributed by atoms with Crippen LogP contribution >= 0.6 is 15.9 Å². The van der Waals surface area contributed by atoms with Gasteiger partial charge in [-0.1, -0.05) is 57.9 Å². The molecule has 0 saturated heterocycles. The first kappa shape index (κ1) is 14.8. The fourth-order valence-corrected chi connectivity index (χ4v) is 2.51. The molecule has 0 heterocycles. The minimum Gasteiger partial charge on any atom is -0.467 e. The molecule has 2 rings (SSSR count). The Kier molecular flexibility index (Phi) is 5.39. The van der Waals surface area contributed by atoms with Gasteiger partial charge in [-0.15, -0.1) is 0 Å². The van der Waals surface area contributed by atoms with E-state index in [9.17, 15) is 0 Å². The van der Waals surface area contributed by atoms with Gasteiger partial charge in [0, 0.05) is 12.7 Å². The maximum atomic E-state index is 5.66. The zero-order chi connectivity index (χ0) is 14.4. The molecule has 0 N–H and O–H groups in total. The number of hydrogen-bond donors (Lipinski definition) is 0. The highest BCUT2D eigenvalue weighted by Gasteiger charge is 2.11. The van der Waals surface area contributed by atoms with Crippen molar-refractivity contribution in [3.05, 3.63) is 70.2 Å². The van der Waals surface area contributed by atoms with Gasteiger partial charge in [0.15, 0.2) is 6.79 Å². The maximum Gasteiger partial charge on any atom is 0.188 e. The van der Waals surface area contributed by atoms with Crippen LogP contribution in [-0.4, -0.2) is 13.9 Å². The molecule has 0 fully saturated rings. The SMILES string of the molecule is COCOc1ccc(C)cc1C(=CBr)c1ccccc1. The summed E-state index contributed by atoms with van der Waals surface area (Å²) in [6.07, 6.45) is 0. The van der Waals surface area contributed by atoms with E-state index in [0.717, 1.165) is 22.4 Å². The number of rotatable bonds is 5. The van der Waals surface area contributed by atoms with E-state index in [0.29, 0.717) is 0 Å². The molecule has 0 unspecified atom stereocenters. The van der Waals surface area contributed by atoms with Crippen molar-refractivity contribution in [2.75, 3.05) is 13.9 Å². The molecular formula is C17H17BrO2. The molecule has 2 nitrogen and oxygen atoms in total. The van der Waals surface area contributed by atoms with Gasteiger partial charge in [0.25, 0.3) is 0 Å². The van der Waals surface area contributed by atoms with Gasteiger partial charge in [-0.25, -0.2) is 0 Å². The number of hydrogen-bond acceptors (Lipinski definition) is 2. The normalized spacial score (nSPS) is 11.4. The lowest BCUT2D eigenvalue weighted by molar-refractivity contribution is 0.0509. The summed E-state index contributed by atoms with van der Waals surface area (Å²) in [6.45, 7) is 2.31. The van der Waals surface area contributed by atoms with E-state index in [-0.39, 0.29) is 6.79 Å². The zero-order valence-electron chi connectivity index (χ0n) is 11.6. The molecule has 0 aliphatic carbocycles. The highest BCUT2D eigenvalue weighted by molar-refractivity contribution is 9.11. The predicted molar refractivity (Wildman–Crippen MR) is 86.1 cm³/mol. The number of halogens is 1. The Labute approximate surface area is 128 Å². The average Bonchev–Trinajstić information content (AvgIpc) is 2.48. The van der Waals surface area contributed by atoms with E-state index in [4.69, 9.17) is 9.47 Å². The molecule has 20 heavy (non-hydrogen) atoms. The van der Waals surface area contributed by atoms with Crippen LogP contribution in [-0.2, 0) is 4.74 Å². The van der Waals surface area contributed by atoms with Gasteiger partial charge in [0.1, 0.15) is 5.75 Å². The summed E-state index contributed by atoms with van der Waals surface area (Å²) in [5.41, 5.74) is 4.45. The third-order valence-electron chi connectivity index (χ3n) is 2.95. The number of benzene rings is 2. The van der Waals surface area contributed by atoms with Gasteiger partial charge >= 0.3 is 0 Å². The Morgan fingerprint density at radius 3 is 2.55 bits per heavy atom. The van der Waals surface area contributed by atoms with Crippen LogP contribution in [0.3, 0.4) is 0 Å². The summed E-state index contributed by atoms with van der Waals surface area (Å²) in [4.78, 5) is 1.93. The first-order valence-corrected chi connectivity index (χ1v) is 7.26. The maximum absolute atomic E-state index is 5.66. The second-order valence-electron chi connectivity index (χ2n) is 4.44. The van der Waals surface area contributed by atoms with Gasteiger partial charge in [0.2, 0.25) is 0 Å². The summed E-state index contributed by atoms with van der Waals surface area (Å²) < 4.78 is 10.7. The van der Waals surface area contributed by atoms with Gasteiger partial charge < -0.3 is 9.47 Å². The topological polar surface area (TPSA) is 18.5 Å². The molecule has 0 radical (unpaired) electrons. The van der Waals surface area contributed by atoms with Crippen molar-refractivity contribution in [3.63, 3.8) is 0 Å². The van der Waals surface area contributed by atoms with Crippen LogP contribution in [0.25, 0.3) is 5.57 Å². The lowest BCUT2D eigenvalue weighted by Crippen LogP contribution is -2.02. The molecule has 3 heteroatoms. The minimum absolute atomic E-state index is 0.237. The Balaban J connectivity index is 2.46. The molecule has 2 aromatic carbocycles. The van der Waals surface area contributed by atoms with Gasteiger partial charge in [-0.05, 0) is 35.2 Å². The van der Waals surface area contributed by atoms with Crippen LogP contribution in [0.15, 0.2) is 53.5 Å². The molecule has 0 spiro atoms. The van der Waals surface area contributed by atoms with Crippen molar-refractivity contribution in [1.29, 1.82) is 0 Å². The highest BCUT2D eigenvalue weighted by Crippen LogP contribution is 2.32. The molecule has 2 aromatic rings. The summed E-state index contributed by atoms with van der Waals surface area (Å²) >= 11 is 3.47. The van der Waals surface area contributed by atoms with Crippen LogP contribution < -0.4 is 4.74 Å². The third-order valence-corrected chi connectivity index (χ3v) is 3.41. The molecule has 0 aromatic heterocycles. The van der Waals surface area contributed by atoms with Crippen LogP contribution in [0.1, 0.15) is 16.7 Å². The fourth-order valence-electron chi connectivity index (χ4n) is 2.00. The lowest BCUT2D eigenvalue weighted by atomic mass is 9.97. The Morgan fingerprint density at radius 1 is 1.15 bits per heavy atom. The van der Waals surface area contributed by atoms with E-state index in [1.54, 1.807) is 7.11 Å². The van der Waals surface area contributed by atoms with Crippen LogP contribution in [0.4, 0.5) is 0 Å². The monoisotopic (exact) mass is 332 g/mol. The quantitative estimate of drug-likeness (QED) is 0.735. The molecular weight excluding hydrogens is 316 g/mol. The van der Waals surface area contributed by atoms with E-state index in [1.165, 1.54) is 5.56 Å². The molecule has 0 saturated carbocycles. The lowest BCUT2D eigenvalue weighted by Gasteiger charge is -2.14. The van der Waals surface area contributed by atoms with Crippen molar-refractivity contribution >= 4 is 21.5 Å². The zero-order valence-corrected chi connectivity index (χ0v) is 13.2. The molecule has 0 aliphatic rings. The standard InChI is InChI=1S/C17H17BrO2/c1-13-8-9-17(20-12-19-2)15(10-13)16(11-18)14-6-4-3-5-7-14/h3-11H,12H2,1-2H3. The first-order chi connectivity index (χ1) is 9.76. The van der Waals surface area contributed by atoms with Gasteiger partial charge in [0.05, 0.1) is 0 Å². The van der Waals surface area contributed by atoms with E-state index >= 15 is 0 Å². The van der Waals surface area contributed by atoms with E-state index in [2.05, 4.69) is 41.1 Å². The van der Waals surface area contributed by atoms with Crippen LogP contribution in [0, 0.1) is 6.92 Å². The van der Waals surface area contributed by atoms with Crippen molar-refractivity contribution in [3.8, 4) is 5.75 Å². The Hall–Kier alpha value is -1.58. The molecule has 104 valence electrons. The smallest absolute Gasteiger partial charge is 0.188 e. The summed E-state index contributed by atoms with van der Waals surface area (Å²) in [5, 5.41) is 0. The molecule has 0 aliphatic heterocycles. The minimum atomic E-state index is 0.237. The van der Waals surface area contributed by atoms with E-state index in [1.807, 2.05) is 35.3 Å². The predicted octanol–water partition coefficient (Wildman–Crippen LogP) is 4.76. The number of aryl methyl sites for hydroxylation is 1. The average molecular weight is 333 g/mol.